The lowest BCUT2D eigenvalue weighted by Gasteiger charge is -2.27. The second kappa shape index (κ2) is 60.4. The molecule has 0 bridgehead atoms. The van der Waals surface area contributed by atoms with Crippen LogP contribution < -0.4 is 5.32 Å². The number of unbranched alkanes of at least 4 members (excludes halogenated alkanes) is 45. The fourth-order valence-electron chi connectivity index (χ4n) is 10.3. The summed E-state index contributed by atoms with van der Waals surface area (Å²) in [7, 11) is 0. The third-order valence-electron chi connectivity index (χ3n) is 15.3. The van der Waals surface area contributed by atoms with E-state index in [1.54, 1.807) is 0 Å². The van der Waals surface area contributed by atoms with E-state index in [1.165, 1.54) is 276 Å². The third kappa shape index (κ3) is 53.4. The minimum absolute atomic E-state index is 0.364. The zero-order valence-electron chi connectivity index (χ0n) is 48.4. The van der Waals surface area contributed by atoms with Gasteiger partial charge in [0.05, 0.1) is 18.8 Å². The second-order valence-electron chi connectivity index (χ2n) is 22.5. The van der Waals surface area contributed by atoms with Crippen molar-refractivity contribution < 1.29 is 25.2 Å². The van der Waals surface area contributed by atoms with E-state index in [4.69, 9.17) is 0 Å². The molecule has 0 saturated carbocycles. The van der Waals surface area contributed by atoms with Crippen LogP contribution >= 0.6 is 0 Å². The van der Waals surface area contributed by atoms with Gasteiger partial charge in [-0.1, -0.05) is 314 Å². The van der Waals surface area contributed by atoms with Crippen molar-refractivity contribution in [3.05, 3.63) is 36.5 Å². The van der Waals surface area contributed by atoms with Gasteiger partial charge in [-0.15, -0.1) is 0 Å². The van der Waals surface area contributed by atoms with Crippen molar-refractivity contribution in [2.75, 3.05) is 6.61 Å². The van der Waals surface area contributed by atoms with E-state index in [0.717, 1.165) is 44.9 Å². The Labute approximate surface area is 449 Å². The molecule has 0 aromatic heterocycles. The molecule has 4 unspecified atom stereocenters. The Hall–Kier alpha value is -1.47. The van der Waals surface area contributed by atoms with E-state index >= 15 is 0 Å². The Morgan fingerprint density at radius 3 is 0.917 bits per heavy atom. The quantitative estimate of drug-likeness (QED) is 0.0308. The van der Waals surface area contributed by atoms with Gasteiger partial charge in [-0.05, 0) is 70.6 Å². The Morgan fingerprint density at radius 2 is 0.611 bits per heavy atom. The van der Waals surface area contributed by atoms with Gasteiger partial charge in [0.2, 0.25) is 5.91 Å². The number of aliphatic hydroxyl groups is 4. The van der Waals surface area contributed by atoms with Crippen molar-refractivity contribution >= 4 is 5.91 Å². The summed E-state index contributed by atoms with van der Waals surface area (Å²) in [6, 6.07) is -1.00. The zero-order valence-corrected chi connectivity index (χ0v) is 48.4. The normalized spacial score (nSPS) is 13.8. The van der Waals surface area contributed by atoms with Crippen molar-refractivity contribution in [2.24, 2.45) is 0 Å². The van der Waals surface area contributed by atoms with Crippen molar-refractivity contribution in [1.82, 2.24) is 5.32 Å². The van der Waals surface area contributed by atoms with Crippen molar-refractivity contribution in [3.63, 3.8) is 0 Å². The highest BCUT2D eigenvalue weighted by Gasteiger charge is 2.28. The number of hydrogen-bond donors (Lipinski definition) is 5. The molecule has 0 aromatic rings. The van der Waals surface area contributed by atoms with Crippen LogP contribution in [0, 0.1) is 0 Å². The molecule has 0 aliphatic rings. The van der Waals surface area contributed by atoms with Gasteiger partial charge in [-0.3, -0.25) is 4.79 Å². The van der Waals surface area contributed by atoms with Gasteiger partial charge >= 0.3 is 0 Å². The lowest BCUT2D eigenvalue weighted by Crippen LogP contribution is -2.53. The molecule has 0 heterocycles. The van der Waals surface area contributed by atoms with E-state index in [0.29, 0.717) is 12.8 Å². The number of aliphatic hydroxyl groups excluding tert-OH is 4. The minimum Gasteiger partial charge on any atom is -0.394 e. The lowest BCUT2D eigenvalue weighted by atomic mass is 10.00. The van der Waals surface area contributed by atoms with Gasteiger partial charge in [0.1, 0.15) is 12.2 Å². The fourth-order valence-corrected chi connectivity index (χ4v) is 10.3. The molecule has 6 nitrogen and oxygen atoms in total. The number of carbonyl (C=O) groups is 1. The van der Waals surface area contributed by atoms with Crippen molar-refractivity contribution in [3.8, 4) is 0 Å². The number of allylic oxidation sites excluding steroid dienone is 6. The molecular weight excluding hydrogens is 887 g/mol. The lowest BCUT2D eigenvalue weighted by molar-refractivity contribution is -0.132. The van der Waals surface area contributed by atoms with Gasteiger partial charge in [0.25, 0.3) is 0 Å². The summed E-state index contributed by atoms with van der Waals surface area (Å²) in [5.41, 5.74) is 0. The first-order valence-electron chi connectivity index (χ1n) is 32.4. The van der Waals surface area contributed by atoms with Crippen LogP contribution in [0.15, 0.2) is 36.5 Å². The predicted molar refractivity (Wildman–Crippen MR) is 316 cm³/mol. The number of rotatable bonds is 60. The molecule has 0 aliphatic heterocycles. The Kier molecular flexibility index (Phi) is 59.2. The Morgan fingerprint density at radius 1 is 0.347 bits per heavy atom. The molecule has 0 aliphatic carbocycles. The van der Waals surface area contributed by atoms with E-state index in [9.17, 15) is 25.2 Å². The van der Waals surface area contributed by atoms with Gasteiger partial charge in [-0.2, -0.15) is 0 Å². The average Bonchev–Trinajstić information content (AvgIpc) is 3.39. The molecule has 0 saturated heterocycles. The summed E-state index contributed by atoms with van der Waals surface area (Å²) < 4.78 is 0. The number of amides is 1. The number of nitrogens with one attached hydrogen (secondary N) is 1. The van der Waals surface area contributed by atoms with Crippen LogP contribution in [0.5, 0.6) is 0 Å². The van der Waals surface area contributed by atoms with E-state index in [2.05, 4.69) is 55.6 Å². The van der Waals surface area contributed by atoms with Gasteiger partial charge in [0.15, 0.2) is 0 Å². The van der Waals surface area contributed by atoms with E-state index in [1.807, 2.05) is 0 Å². The predicted octanol–water partition coefficient (Wildman–Crippen LogP) is 19.5. The first kappa shape index (κ1) is 70.5. The molecule has 0 fully saturated rings. The number of carbonyl (C=O) groups excluding carboxylic acids is 1. The average molecular weight is 1010 g/mol. The first-order valence-corrected chi connectivity index (χ1v) is 32.4. The molecule has 426 valence electrons. The van der Waals surface area contributed by atoms with Crippen LogP contribution in [0.4, 0.5) is 0 Å². The zero-order chi connectivity index (χ0) is 52.3. The molecule has 0 spiro atoms. The molecule has 5 N–H and O–H groups in total. The highest BCUT2D eigenvalue weighted by Crippen LogP contribution is 2.18. The van der Waals surface area contributed by atoms with Crippen LogP contribution in [0.25, 0.3) is 0 Å². The third-order valence-corrected chi connectivity index (χ3v) is 15.3. The molecule has 4 atom stereocenters. The molecule has 0 radical (unpaired) electrons. The number of hydrogen-bond acceptors (Lipinski definition) is 5. The standard InChI is InChI=1S/C66H127NO5/c1-3-5-7-9-11-13-15-17-19-21-23-25-27-28-29-30-31-32-33-34-35-36-37-38-40-42-44-46-48-50-52-54-56-58-60-64(70)66(72)67-62(61-68)65(71)63(69)59-57-55-53-51-49-47-45-43-41-39-26-24-22-20-18-16-14-12-10-8-6-4-2/h27-28,30-31,51,53,62-65,68-71H,3-26,29,32-50,52,54-61H2,1-2H3,(H,67,72)/b28-27-,31-30-,53-51+. The summed E-state index contributed by atoms with van der Waals surface area (Å²) in [5, 5.41) is 44.1. The maximum atomic E-state index is 12.6. The highest BCUT2D eigenvalue weighted by molar-refractivity contribution is 5.80. The molecule has 0 aromatic carbocycles. The fraction of sp³-hybridized carbons (Fsp3) is 0.894. The molecular formula is C66H127NO5. The Balaban J connectivity index is 3.59. The van der Waals surface area contributed by atoms with Crippen molar-refractivity contribution in [1.29, 1.82) is 0 Å². The van der Waals surface area contributed by atoms with Crippen LogP contribution in [-0.4, -0.2) is 57.3 Å². The summed E-state index contributed by atoms with van der Waals surface area (Å²) in [6.45, 7) is 4.09. The SMILES string of the molecule is CCCCCCCCCCCCC/C=C\C/C=C\CCCCCCCCCCCCCCCCCCC(O)C(=O)NC(CO)C(O)C(O)CCC/C=C/CCCCCCCCCCCCCCCCCCC. The van der Waals surface area contributed by atoms with Gasteiger partial charge < -0.3 is 25.7 Å². The maximum absolute atomic E-state index is 12.6. The van der Waals surface area contributed by atoms with Gasteiger partial charge in [-0.25, -0.2) is 0 Å². The van der Waals surface area contributed by atoms with E-state index < -0.39 is 36.9 Å². The molecule has 0 rings (SSSR count). The molecule has 1 amide bonds. The second-order valence-corrected chi connectivity index (χ2v) is 22.5. The topological polar surface area (TPSA) is 110 Å². The minimum atomic E-state index is -1.28. The smallest absolute Gasteiger partial charge is 0.249 e. The molecule has 6 heteroatoms. The van der Waals surface area contributed by atoms with Gasteiger partial charge in [0, 0.05) is 0 Å². The maximum Gasteiger partial charge on any atom is 0.249 e. The van der Waals surface area contributed by atoms with E-state index in [-0.39, 0.29) is 0 Å². The van der Waals surface area contributed by atoms with Crippen LogP contribution in [-0.2, 0) is 4.79 Å². The Bertz CT molecular complexity index is 1140. The first-order chi connectivity index (χ1) is 35.5. The van der Waals surface area contributed by atoms with Crippen LogP contribution in [0.1, 0.15) is 348 Å². The van der Waals surface area contributed by atoms with Crippen LogP contribution in [0.2, 0.25) is 0 Å². The monoisotopic (exact) mass is 1010 g/mol. The summed E-state index contributed by atoms with van der Waals surface area (Å²) in [5.74, 6) is -0.588. The summed E-state index contributed by atoms with van der Waals surface area (Å²) in [6.07, 6.45) is 76.8. The highest BCUT2D eigenvalue weighted by atomic mass is 16.3. The van der Waals surface area contributed by atoms with Crippen molar-refractivity contribution in [2.45, 2.75) is 372 Å². The summed E-state index contributed by atoms with van der Waals surface area (Å²) in [4.78, 5) is 12.6. The summed E-state index contributed by atoms with van der Waals surface area (Å²) >= 11 is 0. The van der Waals surface area contributed by atoms with Crippen LogP contribution in [0.3, 0.4) is 0 Å². The largest absolute Gasteiger partial charge is 0.394 e. The molecule has 72 heavy (non-hydrogen) atoms.